The molecule has 1 aromatic rings. The third-order valence-corrected chi connectivity index (χ3v) is 3.85. The minimum absolute atomic E-state index is 0.339. The van der Waals surface area contributed by atoms with Crippen molar-refractivity contribution in [3.8, 4) is 0 Å². The average molecular weight is 258 g/mol. The molecular weight excluding hydrogens is 247 g/mol. The topological polar surface area (TPSA) is 60.4 Å². The van der Waals surface area contributed by atoms with Gasteiger partial charge in [-0.15, -0.1) is 3.89 Å². The number of hydrogen-bond donors (Lipinski definition) is 0. The van der Waals surface area contributed by atoms with Gasteiger partial charge in [0.05, 0.1) is 17.4 Å². The van der Waals surface area contributed by atoms with Gasteiger partial charge in [-0.05, 0) is 30.5 Å². The van der Waals surface area contributed by atoms with E-state index in [1.807, 2.05) is 0 Å². The standard InChI is InChI=1S/C11H11FO4S/c1-16-10(13)11(6-7-11)8-2-4-9(5-3-8)17(12,14)15/h2-5H,6-7H2,1H3. The summed E-state index contributed by atoms with van der Waals surface area (Å²) in [6.07, 6.45) is 1.34. The fourth-order valence-electron chi connectivity index (χ4n) is 1.87. The molecule has 0 aliphatic heterocycles. The Morgan fingerprint density at radius 3 is 2.18 bits per heavy atom. The smallest absolute Gasteiger partial charge is 0.332 e. The van der Waals surface area contributed by atoms with Crippen LogP contribution in [0.1, 0.15) is 18.4 Å². The Kier molecular flexibility index (Phi) is 2.69. The Balaban J connectivity index is 2.34. The molecular formula is C11H11FO4S. The summed E-state index contributed by atoms with van der Waals surface area (Å²) in [6, 6.07) is 5.23. The van der Waals surface area contributed by atoms with Crippen molar-refractivity contribution < 1.29 is 21.8 Å². The molecule has 0 spiro atoms. The number of carbonyl (C=O) groups is 1. The lowest BCUT2D eigenvalue weighted by Crippen LogP contribution is -2.21. The van der Waals surface area contributed by atoms with Crippen LogP contribution in [0.25, 0.3) is 0 Å². The first-order valence-electron chi connectivity index (χ1n) is 5.04. The molecule has 0 radical (unpaired) electrons. The molecule has 6 heteroatoms. The molecule has 0 saturated heterocycles. The second-order valence-electron chi connectivity index (χ2n) is 4.04. The van der Waals surface area contributed by atoms with E-state index in [-0.39, 0.29) is 5.97 Å². The van der Waals surface area contributed by atoms with Gasteiger partial charge in [-0.25, -0.2) is 0 Å². The van der Waals surface area contributed by atoms with Crippen LogP contribution in [0.5, 0.6) is 0 Å². The molecule has 1 aliphatic rings. The zero-order valence-electron chi connectivity index (χ0n) is 9.14. The molecule has 1 saturated carbocycles. The predicted octanol–water partition coefficient (Wildman–Crippen LogP) is 1.55. The number of carbonyl (C=O) groups excluding carboxylic acids is 1. The van der Waals surface area contributed by atoms with E-state index in [1.165, 1.54) is 19.2 Å². The SMILES string of the molecule is COC(=O)C1(c2ccc(S(=O)(=O)F)cc2)CC1. The Morgan fingerprint density at radius 1 is 1.29 bits per heavy atom. The fraction of sp³-hybridized carbons (Fsp3) is 0.364. The number of rotatable bonds is 3. The van der Waals surface area contributed by atoms with Crippen molar-refractivity contribution in [3.05, 3.63) is 29.8 Å². The fourth-order valence-corrected chi connectivity index (χ4v) is 2.33. The van der Waals surface area contributed by atoms with Crippen molar-refractivity contribution in [1.82, 2.24) is 0 Å². The summed E-state index contributed by atoms with van der Waals surface area (Å²) >= 11 is 0. The van der Waals surface area contributed by atoms with Gasteiger partial charge in [0.2, 0.25) is 0 Å². The van der Waals surface area contributed by atoms with Crippen LogP contribution in [-0.4, -0.2) is 21.5 Å². The van der Waals surface area contributed by atoms with E-state index in [4.69, 9.17) is 4.74 Å². The highest BCUT2D eigenvalue weighted by Crippen LogP contribution is 2.49. The summed E-state index contributed by atoms with van der Waals surface area (Å²) in [7, 11) is -3.38. The number of hydrogen-bond acceptors (Lipinski definition) is 4. The number of benzene rings is 1. The monoisotopic (exact) mass is 258 g/mol. The molecule has 4 nitrogen and oxygen atoms in total. The van der Waals surface area contributed by atoms with Crippen molar-refractivity contribution in [2.75, 3.05) is 7.11 Å². The van der Waals surface area contributed by atoms with E-state index < -0.39 is 20.5 Å². The molecule has 1 fully saturated rings. The van der Waals surface area contributed by atoms with E-state index in [0.29, 0.717) is 18.4 Å². The first kappa shape index (κ1) is 12.0. The van der Waals surface area contributed by atoms with Gasteiger partial charge < -0.3 is 4.74 Å². The van der Waals surface area contributed by atoms with Crippen molar-refractivity contribution in [2.24, 2.45) is 0 Å². The molecule has 0 atom stereocenters. The Labute approximate surface area is 98.6 Å². The van der Waals surface area contributed by atoms with Crippen LogP contribution >= 0.6 is 0 Å². The minimum atomic E-state index is -4.69. The molecule has 1 aliphatic carbocycles. The lowest BCUT2D eigenvalue weighted by Gasteiger charge is -2.12. The van der Waals surface area contributed by atoms with E-state index in [9.17, 15) is 17.1 Å². The zero-order valence-corrected chi connectivity index (χ0v) is 9.96. The van der Waals surface area contributed by atoms with Gasteiger partial charge in [-0.1, -0.05) is 12.1 Å². The van der Waals surface area contributed by atoms with Crippen molar-refractivity contribution in [1.29, 1.82) is 0 Å². The molecule has 0 unspecified atom stereocenters. The minimum Gasteiger partial charge on any atom is -0.468 e. The maximum atomic E-state index is 12.7. The first-order chi connectivity index (χ1) is 7.90. The Bertz CT molecular complexity index is 543. The normalized spacial score (nSPS) is 17.5. The molecule has 17 heavy (non-hydrogen) atoms. The van der Waals surface area contributed by atoms with Crippen molar-refractivity contribution >= 4 is 16.2 Å². The van der Waals surface area contributed by atoms with Crippen LogP contribution in [0.4, 0.5) is 3.89 Å². The highest BCUT2D eigenvalue weighted by molar-refractivity contribution is 7.86. The summed E-state index contributed by atoms with van der Waals surface area (Å²) in [4.78, 5) is 11.2. The summed E-state index contributed by atoms with van der Waals surface area (Å²) in [5, 5.41) is 0. The third-order valence-electron chi connectivity index (χ3n) is 3.01. The number of ether oxygens (including phenoxy) is 1. The number of methoxy groups -OCH3 is 1. The lowest BCUT2D eigenvalue weighted by molar-refractivity contribution is -0.143. The van der Waals surface area contributed by atoms with Crippen LogP contribution in [-0.2, 0) is 25.2 Å². The van der Waals surface area contributed by atoms with Crippen LogP contribution in [0, 0.1) is 0 Å². The molecule has 0 amide bonds. The second-order valence-corrected chi connectivity index (χ2v) is 5.38. The zero-order chi connectivity index (χ0) is 12.7. The number of esters is 1. The van der Waals surface area contributed by atoms with E-state index in [1.54, 1.807) is 0 Å². The third kappa shape index (κ3) is 2.04. The van der Waals surface area contributed by atoms with Crippen LogP contribution in [0.2, 0.25) is 0 Å². The van der Waals surface area contributed by atoms with Gasteiger partial charge in [-0.2, -0.15) is 8.42 Å². The summed E-state index contributed by atoms with van der Waals surface area (Å²) in [6.45, 7) is 0. The molecule has 0 bridgehead atoms. The molecule has 0 N–H and O–H groups in total. The van der Waals surface area contributed by atoms with Gasteiger partial charge in [0, 0.05) is 0 Å². The Morgan fingerprint density at radius 2 is 1.82 bits per heavy atom. The van der Waals surface area contributed by atoms with E-state index >= 15 is 0 Å². The van der Waals surface area contributed by atoms with Gasteiger partial charge in [0.1, 0.15) is 0 Å². The van der Waals surface area contributed by atoms with Gasteiger partial charge in [0.25, 0.3) is 0 Å². The van der Waals surface area contributed by atoms with Gasteiger partial charge in [-0.3, -0.25) is 4.79 Å². The Hall–Kier alpha value is -1.43. The average Bonchev–Trinajstić information content (AvgIpc) is 3.08. The van der Waals surface area contributed by atoms with Crippen LogP contribution in [0.3, 0.4) is 0 Å². The maximum Gasteiger partial charge on any atom is 0.332 e. The van der Waals surface area contributed by atoms with Crippen LogP contribution < -0.4 is 0 Å². The van der Waals surface area contributed by atoms with E-state index in [0.717, 1.165) is 12.1 Å². The molecule has 92 valence electrons. The predicted molar refractivity (Wildman–Crippen MR) is 57.7 cm³/mol. The van der Waals surface area contributed by atoms with E-state index in [2.05, 4.69) is 0 Å². The quantitative estimate of drug-likeness (QED) is 0.609. The lowest BCUT2D eigenvalue weighted by atomic mass is 9.96. The molecule has 2 rings (SSSR count). The number of halogens is 1. The van der Waals surface area contributed by atoms with Crippen molar-refractivity contribution in [3.63, 3.8) is 0 Å². The summed E-state index contributed by atoms with van der Waals surface area (Å²) in [5.41, 5.74) is 0.00429. The van der Waals surface area contributed by atoms with Crippen LogP contribution in [0.15, 0.2) is 29.2 Å². The largest absolute Gasteiger partial charge is 0.468 e. The first-order valence-corrected chi connectivity index (χ1v) is 6.42. The molecule has 0 heterocycles. The van der Waals surface area contributed by atoms with Gasteiger partial charge >= 0.3 is 16.2 Å². The summed E-state index contributed by atoms with van der Waals surface area (Å²) in [5.74, 6) is -0.339. The second kappa shape index (κ2) is 3.80. The maximum absolute atomic E-state index is 12.7. The summed E-state index contributed by atoms with van der Waals surface area (Å²) < 4.78 is 38.7. The molecule has 0 aromatic heterocycles. The highest BCUT2D eigenvalue weighted by atomic mass is 32.3. The molecule has 1 aromatic carbocycles. The highest BCUT2D eigenvalue weighted by Gasteiger charge is 2.52. The van der Waals surface area contributed by atoms with Crippen molar-refractivity contribution in [2.45, 2.75) is 23.2 Å². The van der Waals surface area contributed by atoms with Gasteiger partial charge in [0.15, 0.2) is 0 Å².